The van der Waals surface area contributed by atoms with Gasteiger partial charge in [0.15, 0.2) is 0 Å². The third-order valence-corrected chi connectivity index (χ3v) is 8.13. The average Bonchev–Trinajstić information content (AvgIpc) is 3.10. The van der Waals surface area contributed by atoms with Crippen LogP contribution in [0.1, 0.15) is 15.3 Å². The summed E-state index contributed by atoms with van der Waals surface area (Å²) in [5, 5.41) is 0. The van der Waals surface area contributed by atoms with E-state index >= 15 is 0 Å². The Hall–Kier alpha value is -2.36. The van der Waals surface area contributed by atoms with Gasteiger partial charge in [-0.25, -0.2) is 8.42 Å². The number of thiophene rings is 1. The molecule has 7 nitrogen and oxygen atoms in total. The summed E-state index contributed by atoms with van der Waals surface area (Å²) in [5.41, 5.74) is 0.731. The van der Waals surface area contributed by atoms with Crippen LogP contribution in [0.25, 0.3) is 6.08 Å². The summed E-state index contributed by atoms with van der Waals surface area (Å²) in [6.45, 7) is 4.97. The Morgan fingerprint density at radius 2 is 1.77 bits per heavy atom. The molecule has 0 spiro atoms. The molecule has 3 rings (SSSR count). The number of piperazine rings is 1. The average molecular weight is 451 g/mol. The summed E-state index contributed by atoms with van der Waals surface area (Å²) in [5.74, 6) is 1.14. The zero-order valence-electron chi connectivity index (χ0n) is 17.5. The molecule has 1 amide bonds. The van der Waals surface area contributed by atoms with E-state index in [9.17, 15) is 13.2 Å². The summed E-state index contributed by atoms with van der Waals surface area (Å²) in [6, 6.07) is 7.07. The van der Waals surface area contributed by atoms with Crippen LogP contribution in [0.15, 0.2) is 35.2 Å². The van der Waals surface area contributed by atoms with Gasteiger partial charge in [0.2, 0.25) is 15.9 Å². The lowest BCUT2D eigenvalue weighted by molar-refractivity contribution is -0.127. The molecule has 0 saturated carbocycles. The minimum atomic E-state index is -3.54. The largest absolute Gasteiger partial charge is 0.497 e. The molecule has 1 aliphatic rings. The fourth-order valence-corrected chi connectivity index (χ4v) is 6.33. The van der Waals surface area contributed by atoms with Crippen LogP contribution in [0.4, 0.5) is 0 Å². The van der Waals surface area contributed by atoms with E-state index in [1.807, 2.05) is 13.8 Å². The van der Waals surface area contributed by atoms with Crippen LogP contribution in [-0.2, 0) is 14.8 Å². The molecule has 30 heavy (non-hydrogen) atoms. The number of nitrogens with zero attached hydrogens (tertiary/aromatic N) is 2. The van der Waals surface area contributed by atoms with Gasteiger partial charge in [-0.2, -0.15) is 4.31 Å². The molecule has 0 bridgehead atoms. The van der Waals surface area contributed by atoms with Gasteiger partial charge >= 0.3 is 0 Å². The van der Waals surface area contributed by atoms with E-state index in [1.54, 1.807) is 49.5 Å². The summed E-state index contributed by atoms with van der Waals surface area (Å²) < 4.78 is 37.9. The molecule has 0 atom stereocenters. The van der Waals surface area contributed by atoms with E-state index in [4.69, 9.17) is 9.47 Å². The van der Waals surface area contributed by atoms with Crippen molar-refractivity contribution in [3.8, 4) is 11.5 Å². The zero-order chi connectivity index (χ0) is 21.9. The fourth-order valence-electron chi connectivity index (χ4n) is 3.39. The first-order valence-electron chi connectivity index (χ1n) is 9.52. The first kappa shape index (κ1) is 22.3. The van der Waals surface area contributed by atoms with E-state index in [1.165, 1.54) is 21.7 Å². The van der Waals surface area contributed by atoms with E-state index < -0.39 is 10.0 Å². The topological polar surface area (TPSA) is 76.2 Å². The molecule has 1 aromatic carbocycles. The molecular weight excluding hydrogens is 424 g/mol. The predicted octanol–water partition coefficient (Wildman–Crippen LogP) is 2.93. The Morgan fingerprint density at radius 1 is 1.07 bits per heavy atom. The van der Waals surface area contributed by atoms with Crippen LogP contribution in [0.3, 0.4) is 0 Å². The molecule has 2 aromatic rings. The maximum atomic E-state index is 12.9. The number of carbonyl (C=O) groups is 1. The predicted molar refractivity (Wildman–Crippen MR) is 118 cm³/mol. The summed E-state index contributed by atoms with van der Waals surface area (Å²) in [7, 11) is -0.393. The van der Waals surface area contributed by atoms with Crippen LogP contribution < -0.4 is 9.47 Å². The minimum absolute atomic E-state index is 0.167. The summed E-state index contributed by atoms with van der Waals surface area (Å²) in [6.07, 6.45) is 3.16. The van der Waals surface area contributed by atoms with Gasteiger partial charge in [0.05, 0.1) is 19.1 Å². The van der Waals surface area contributed by atoms with Crippen molar-refractivity contribution in [2.75, 3.05) is 40.4 Å². The second-order valence-electron chi connectivity index (χ2n) is 6.95. The number of rotatable bonds is 6. The van der Waals surface area contributed by atoms with E-state index in [-0.39, 0.29) is 19.0 Å². The van der Waals surface area contributed by atoms with Gasteiger partial charge in [-0.1, -0.05) is 0 Å². The van der Waals surface area contributed by atoms with Crippen LogP contribution in [0.2, 0.25) is 0 Å². The van der Waals surface area contributed by atoms with Crippen LogP contribution in [0, 0.1) is 13.8 Å². The van der Waals surface area contributed by atoms with Gasteiger partial charge in [-0.15, -0.1) is 11.3 Å². The smallest absolute Gasteiger partial charge is 0.246 e. The van der Waals surface area contributed by atoms with E-state index in [2.05, 4.69) is 0 Å². The maximum absolute atomic E-state index is 12.9. The molecule has 9 heteroatoms. The molecule has 0 unspecified atom stereocenters. The second kappa shape index (κ2) is 9.20. The normalized spacial score (nSPS) is 15.5. The van der Waals surface area contributed by atoms with Gasteiger partial charge in [-0.3, -0.25) is 4.79 Å². The van der Waals surface area contributed by atoms with Crippen molar-refractivity contribution < 1.29 is 22.7 Å². The molecule has 1 fully saturated rings. The third-order valence-electron chi connectivity index (χ3n) is 5.01. The number of hydrogen-bond donors (Lipinski definition) is 0. The molecule has 0 radical (unpaired) electrons. The van der Waals surface area contributed by atoms with Crippen LogP contribution >= 0.6 is 11.3 Å². The summed E-state index contributed by atoms with van der Waals surface area (Å²) in [4.78, 5) is 16.4. The number of benzene rings is 1. The van der Waals surface area contributed by atoms with Crippen molar-refractivity contribution in [2.45, 2.75) is 18.7 Å². The molecule has 1 aromatic heterocycles. The van der Waals surface area contributed by atoms with E-state index in [0.717, 1.165) is 15.3 Å². The highest BCUT2D eigenvalue weighted by molar-refractivity contribution is 7.89. The van der Waals surface area contributed by atoms with Crippen molar-refractivity contribution in [3.05, 3.63) is 45.7 Å². The fraction of sp³-hybridized carbons (Fsp3) is 0.381. The molecule has 1 aliphatic heterocycles. The van der Waals surface area contributed by atoms with E-state index in [0.29, 0.717) is 29.5 Å². The Bertz CT molecular complexity index is 1050. The number of aryl methyl sites for hydroxylation is 2. The Kier molecular flexibility index (Phi) is 6.84. The first-order chi connectivity index (χ1) is 14.3. The number of methoxy groups -OCH3 is 2. The molecule has 0 aliphatic carbocycles. The van der Waals surface area contributed by atoms with Crippen molar-refractivity contribution in [1.29, 1.82) is 0 Å². The van der Waals surface area contributed by atoms with Gasteiger partial charge in [0.25, 0.3) is 0 Å². The summed E-state index contributed by atoms with van der Waals surface area (Å²) >= 11 is 1.48. The number of carbonyl (C=O) groups excluding carboxylic acids is 1. The van der Waals surface area contributed by atoms with Crippen molar-refractivity contribution in [3.63, 3.8) is 0 Å². The third kappa shape index (κ3) is 4.69. The zero-order valence-corrected chi connectivity index (χ0v) is 19.2. The molecule has 162 valence electrons. The SMILES string of the molecule is COc1ccc(OC)c(/C=C/C(=O)N2CCN(S(=O)(=O)c3cc(C)sc3C)CC2)c1. The van der Waals surface area contributed by atoms with Crippen molar-refractivity contribution in [2.24, 2.45) is 0 Å². The second-order valence-corrected chi connectivity index (χ2v) is 10.3. The Morgan fingerprint density at radius 3 is 2.33 bits per heavy atom. The number of hydrogen-bond acceptors (Lipinski definition) is 6. The lowest BCUT2D eigenvalue weighted by Crippen LogP contribution is -2.50. The lowest BCUT2D eigenvalue weighted by Gasteiger charge is -2.33. The number of amides is 1. The molecule has 1 saturated heterocycles. The van der Waals surface area contributed by atoms with Gasteiger partial charge in [0, 0.05) is 47.6 Å². The Labute approximate surface area is 181 Å². The molecule has 2 heterocycles. The number of sulfonamides is 1. The Balaban J connectivity index is 1.66. The highest BCUT2D eigenvalue weighted by atomic mass is 32.2. The van der Waals surface area contributed by atoms with Gasteiger partial charge < -0.3 is 14.4 Å². The van der Waals surface area contributed by atoms with Crippen molar-refractivity contribution >= 4 is 33.3 Å². The molecular formula is C21H26N2O5S2. The lowest BCUT2D eigenvalue weighted by atomic mass is 10.1. The van der Waals surface area contributed by atoms with Gasteiger partial charge in [-0.05, 0) is 44.2 Å². The van der Waals surface area contributed by atoms with Gasteiger partial charge in [0.1, 0.15) is 11.5 Å². The standard InChI is InChI=1S/C21H26N2O5S2/c1-15-13-20(16(2)29-15)30(25,26)23-11-9-22(10-12-23)21(24)8-5-17-14-18(27-3)6-7-19(17)28-4/h5-8,13-14H,9-12H2,1-4H3/b8-5+. The molecule has 0 N–H and O–H groups in total. The van der Waals surface area contributed by atoms with Crippen molar-refractivity contribution in [1.82, 2.24) is 9.21 Å². The highest BCUT2D eigenvalue weighted by Crippen LogP contribution is 2.28. The maximum Gasteiger partial charge on any atom is 0.246 e. The number of ether oxygens (including phenoxy) is 2. The monoisotopic (exact) mass is 450 g/mol. The minimum Gasteiger partial charge on any atom is -0.497 e. The first-order valence-corrected chi connectivity index (χ1v) is 11.8. The quantitative estimate of drug-likeness (QED) is 0.633. The van der Waals surface area contributed by atoms with Crippen LogP contribution in [-0.4, -0.2) is 63.9 Å². The highest BCUT2D eigenvalue weighted by Gasteiger charge is 2.31. The van der Waals surface area contributed by atoms with Crippen LogP contribution in [0.5, 0.6) is 11.5 Å².